The second-order valence-electron chi connectivity index (χ2n) is 4.59. The maximum atomic E-state index is 12.0. The summed E-state index contributed by atoms with van der Waals surface area (Å²) < 4.78 is 5.55. The van der Waals surface area contributed by atoms with Crippen LogP contribution >= 0.6 is 23.4 Å². The minimum Gasteiger partial charge on any atom is -0.488 e. The van der Waals surface area contributed by atoms with E-state index in [2.05, 4.69) is 5.32 Å². The molecule has 114 valence electrons. The third-order valence-electron chi connectivity index (χ3n) is 2.96. The monoisotopic (exact) mass is 327 g/mol. The summed E-state index contributed by atoms with van der Waals surface area (Å²) in [5.41, 5.74) is 1.43. The number of aliphatic hydroxyl groups is 1. The first-order chi connectivity index (χ1) is 10.2. The van der Waals surface area contributed by atoms with Crippen LogP contribution in [-0.2, 0) is 4.79 Å². The van der Waals surface area contributed by atoms with Crippen molar-refractivity contribution in [3.05, 3.63) is 34.4 Å². The highest BCUT2D eigenvalue weighted by molar-refractivity contribution is 7.99. The maximum absolute atomic E-state index is 12.0. The van der Waals surface area contributed by atoms with Crippen LogP contribution in [0.2, 0.25) is 5.02 Å². The lowest BCUT2D eigenvalue weighted by Gasteiger charge is -2.17. The molecule has 2 N–H and O–H groups in total. The molecule has 6 heteroatoms. The summed E-state index contributed by atoms with van der Waals surface area (Å²) >= 11 is 7.66. The number of carbonyl (C=O) groups is 1. The van der Waals surface area contributed by atoms with Gasteiger partial charge in [0.05, 0.1) is 5.57 Å². The molecule has 0 saturated carbocycles. The van der Waals surface area contributed by atoms with E-state index < -0.39 is 0 Å². The lowest BCUT2D eigenvalue weighted by molar-refractivity contribution is -0.117. The lowest BCUT2D eigenvalue weighted by Crippen LogP contribution is -2.30. The van der Waals surface area contributed by atoms with E-state index in [1.165, 1.54) is 0 Å². The zero-order valence-electron chi connectivity index (χ0n) is 11.6. The molecule has 4 nitrogen and oxygen atoms in total. The number of rotatable bonds is 7. The van der Waals surface area contributed by atoms with E-state index in [1.54, 1.807) is 30.0 Å². The number of amides is 1. The van der Waals surface area contributed by atoms with E-state index in [-0.39, 0.29) is 19.1 Å². The van der Waals surface area contributed by atoms with Crippen molar-refractivity contribution in [2.24, 2.45) is 0 Å². The molecule has 1 aromatic rings. The summed E-state index contributed by atoms with van der Waals surface area (Å²) in [6.45, 7) is 1.10. The number of ether oxygens (including phenoxy) is 1. The smallest absolute Gasteiger partial charge is 0.250 e. The van der Waals surface area contributed by atoms with Gasteiger partial charge in [0.2, 0.25) is 0 Å². The average Bonchev–Trinajstić information content (AvgIpc) is 2.49. The Morgan fingerprint density at radius 1 is 1.43 bits per heavy atom. The molecule has 0 radical (unpaired) electrons. The van der Waals surface area contributed by atoms with Crippen LogP contribution in [0.15, 0.2) is 23.8 Å². The third-order valence-corrected chi connectivity index (χ3v) is 4.26. The Balaban J connectivity index is 1.83. The van der Waals surface area contributed by atoms with Crippen LogP contribution in [0.3, 0.4) is 0 Å². The molecule has 0 fully saturated rings. The normalized spacial score (nSPS) is 13.1. The molecule has 2 rings (SSSR count). The average molecular weight is 328 g/mol. The molecule has 0 aromatic heterocycles. The molecule has 21 heavy (non-hydrogen) atoms. The van der Waals surface area contributed by atoms with Gasteiger partial charge in [0.25, 0.3) is 5.91 Å². The van der Waals surface area contributed by atoms with Crippen LogP contribution in [0.25, 0.3) is 6.08 Å². The highest BCUT2D eigenvalue weighted by Gasteiger charge is 2.17. The van der Waals surface area contributed by atoms with Gasteiger partial charge in [0, 0.05) is 29.5 Å². The Morgan fingerprint density at radius 2 is 2.29 bits per heavy atom. The second kappa shape index (κ2) is 8.32. The molecule has 1 heterocycles. The molecule has 0 bridgehead atoms. The first-order valence-corrected chi connectivity index (χ1v) is 8.33. The molecule has 1 aliphatic heterocycles. The van der Waals surface area contributed by atoms with Crippen molar-refractivity contribution < 1.29 is 14.6 Å². The zero-order chi connectivity index (χ0) is 15.1. The number of nitrogens with one attached hydrogen (secondary N) is 1. The van der Waals surface area contributed by atoms with Gasteiger partial charge in [-0.1, -0.05) is 11.6 Å². The van der Waals surface area contributed by atoms with Crippen LogP contribution < -0.4 is 10.1 Å². The highest BCUT2D eigenvalue weighted by Crippen LogP contribution is 2.28. The Bertz CT molecular complexity index is 534. The van der Waals surface area contributed by atoms with Gasteiger partial charge < -0.3 is 15.2 Å². The minimum atomic E-state index is -0.108. The van der Waals surface area contributed by atoms with Crippen molar-refractivity contribution in [2.75, 3.05) is 31.3 Å². The van der Waals surface area contributed by atoms with E-state index >= 15 is 0 Å². The summed E-state index contributed by atoms with van der Waals surface area (Å²) in [4.78, 5) is 12.0. The van der Waals surface area contributed by atoms with Gasteiger partial charge in [-0.3, -0.25) is 4.79 Å². The molecule has 1 aliphatic rings. The minimum absolute atomic E-state index is 0.108. The fraction of sp³-hybridized carbons (Fsp3) is 0.400. The molecule has 0 unspecified atom stereocenters. The molecule has 1 aromatic carbocycles. The number of halogens is 1. The Morgan fingerprint density at radius 3 is 3.10 bits per heavy atom. The number of hydrogen-bond acceptors (Lipinski definition) is 4. The van der Waals surface area contributed by atoms with E-state index in [0.717, 1.165) is 29.2 Å². The molecular weight excluding hydrogens is 310 g/mol. The maximum Gasteiger partial charge on any atom is 0.250 e. The van der Waals surface area contributed by atoms with Crippen LogP contribution in [0.4, 0.5) is 0 Å². The van der Waals surface area contributed by atoms with Crippen molar-refractivity contribution >= 4 is 35.3 Å². The number of fused-ring (bicyclic) bond motifs is 1. The van der Waals surface area contributed by atoms with Crippen LogP contribution in [-0.4, -0.2) is 42.3 Å². The molecule has 0 aliphatic carbocycles. The fourth-order valence-electron chi connectivity index (χ4n) is 1.90. The van der Waals surface area contributed by atoms with Crippen molar-refractivity contribution in [1.82, 2.24) is 5.32 Å². The summed E-state index contributed by atoms with van der Waals surface area (Å²) in [5.74, 6) is 2.38. The Kier molecular flexibility index (Phi) is 6.42. The fourth-order valence-corrected chi connectivity index (χ4v) is 2.86. The Labute approximate surface area is 133 Å². The van der Waals surface area contributed by atoms with Gasteiger partial charge in [-0.05, 0) is 36.4 Å². The quantitative estimate of drug-likeness (QED) is 0.755. The van der Waals surface area contributed by atoms with Gasteiger partial charge in [-0.15, -0.1) is 0 Å². The van der Waals surface area contributed by atoms with Gasteiger partial charge in [0.15, 0.2) is 0 Å². The summed E-state index contributed by atoms with van der Waals surface area (Å²) in [6.07, 6.45) is 2.61. The first kappa shape index (κ1) is 16.2. The number of benzene rings is 1. The summed E-state index contributed by atoms with van der Waals surface area (Å²) in [7, 11) is 0. The van der Waals surface area contributed by atoms with Gasteiger partial charge in [-0.2, -0.15) is 11.8 Å². The van der Waals surface area contributed by atoms with Crippen LogP contribution in [0, 0.1) is 0 Å². The van der Waals surface area contributed by atoms with E-state index in [0.29, 0.717) is 17.1 Å². The first-order valence-electron chi connectivity index (χ1n) is 6.80. The van der Waals surface area contributed by atoms with Gasteiger partial charge in [-0.25, -0.2) is 0 Å². The predicted molar refractivity (Wildman–Crippen MR) is 87.0 cm³/mol. The molecule has 0 spiro atoms. The molecule has 0 saturated heterocycles. The predicted octanol–water partition coefficient (Wildman–Crippen LogP) is 2.35. The highest BCUT2D eigenvalue weighted by atomic mass is 35.5. The van der Waals surface area contributed by atoms with E-state index in [9.17, 15) is 4.79 Å². The molecule has 1 amide bonds. The van der Waals surface area contributed by atoms with E-state index in [4.69, 9.17) is 21.4 Å². The Hall–Kier alpha value is -1.17. The van der Waals surface area contributed by atoms with Crippen molar-refractivity contribution in [2.45, 2.75) is 6.42 Å². The van der Waals surface area contributed by atoms with E-state index in [1.807, 2.05) is 6.08 Å². The topological polar surface area (TPSA) is 58.6 Å². The van der Waals surface area contributed by atoms with Crippen LogP contribution in [0.5, 0.6) is 5.75 Å². The largest absolute Gasteiger partial charge is 0.488 e. The number of carbonyl (C=O) groups excluding carboxylic acids is 1. The second-order valence-corrected chi connectivity index (χ2v) is 6.25. The summed E-state index contributed by atoms with van der Waals surface area (Å²) in [5, 5.41) is 12.2. The third kappa shape index (κ3) is 4.95. The number of hydrogen-bond donors (Lipinski definition) is 2. The van der Waals surface area contributed by atoms with Crippen molar-refractivity contribution in [3.8, 4) is 5.75 Å². The summed E-state index contributed by atoms with van der Waals surface area (Å²) in [6, 6.07) is 5.36. The number of aliphatic hydroxyl groups excluding tert-OH is 1. The standard InChI is InChI=1S/C15H18ClNO3S/c16-13-2-3-14-11(9-13)8-12(10-20-14)15(19)17-4-7-21-6-1-5-18/h2-3,8-9,18H,1,4-7,10H2,(H,17,19). The molecule has 0 atom stereocenters. The SMILES string of the molecule is O=C(NCCSCCCO)C1=Cc2cc(Cl)ccc2OC1. The number of thioether (sulfide) groups is 1. The van der Waals surface area contributed by atoms with Crippen LogP contribution in [0.1, 0.15) is 12.0 Å². The lowest BCUT2D eigenvalue weighted by atomic mass is 10.1. The molecular formula is C15H18ClNO3S. The zero-order valence-corrected chi connectivity index (χ0v) is 13.2. The van der Waals surface area contributed by atoms with Crippen molar-refractivity contribution in [3.63, 3.8) is 0 Å². The van der Waals surface area contributed by atoms with Gasteiger partial charge >= 0.3 is 0 Å². The van der Waals surface area contributed by atoms with Gasteiger partial charge in [0.1, 0.15) is 12.4 Å². The van der Waals surface area contributed by atoms with Crippen molar-refractivity contribution in [1.29, 1.82) is 0 Å².